The second-order valence-corrected chi connectivity index (χ2v) is 7.34. The Bertz CT molecular complexity index is 940. The van der Waals surface area contributed by atoms with Gasteiger partial charge in [-0.05, 0) is 37.1 Å². The van der Waals surface area contributed by atoms with Gasteiger partial charge in [-0.3, -0.25) is 4.79 Å². The van der Waals surface area contributed by atoms with Gasteiger partial charge in [-0.1, -0.05) is 23.7 Å². The monoisotopic (exact) mass is 367 g/mol. The topological polar surface area (TPSA) is 81.7 Å². The van der Waals surface area contributed by atoms with E-state index in [2.05, 4.69) is 5.32 Å². The first-order chi connectivity index (χ1) is 11.3. The maximum atomic E-state index is 12.6. The first kappa shape index (κ1) is 16.6. The molecule has 0 bridgehead atoms. The SMILES string of the molecule is Cc1ccc(C)c(OS(=O)(=O)c2cc3c(cc2Cl)NC(=O)CO3)c1. The summed E-state index contributed by atoms with van der Waals surface area (Å²) in [5.74, 6) is 0.126. The van der Waals surface area contributed by atoms with Crippen LogP contribution in [0.25, 0.3) is 0 Å². The van der Waals surface area contributed by atoms with Crippen LogP contribution < -0.4 is 14.2 Å². The molecule has 0 atom stereocenters. The van der Waals surface area contributed by atoms with Crippen LogP contribution in [0.5, 0.6) is 11.5 Å². The summed E-state index contributed by atoms with van der Waals surface area (Å²) < 4.78 is 35.6. The molecule has 6 nitrogen and oxygen atoms in total. The van der Waals surface area contributed by atoms with E-state index in [9.17, 15) is 13.2 Å². The standard InChI is InChI=1S/C16H14ClNO5S/c1-9-3-4-10(2)13(5-9)23-24(20,21)15-7-14-12(6-11(15)17)18-16(19)8-22-14/h3-7H,8H2,1-2H3,(H,18,19). The number of anilines is 1. The highest BCUT2D eigenvalue weighted by molar-refractivity contribution is 7.87. The Morgan fingerprint density at radius 2 is 1.96 bits per heavy atom. The van der Waals surface area contributed by atoms with E-state index in [1.54, 1.807) is 19.1 Å². The molecule has 1 aliphatic rings. The molecule has 0 fully saturated rings. The van der Waals surface area contributed by atoms with E-state index in [1.807, 2.05) is 13.0 Å². The lowest BCUT2D eigenvalue weighted by Gasteiger charge is -2.19. The van der Waals surface area contributed by atoms with Crippen LogP contribution in [0.1, 0.15) is 11.1 Å². The highest BCUT2D eigenvalue weighted by Crippen LogP contribution is 2.37. The van der Waals surface area contributed by atoms with E-state index in [0.717, 1.165) is 5.56 Å². The molecule has 1 heterocycles. The zero-order valence-electron chi connectivity index (χ0n) is 12.9. The molecule has 3 rings (SSSR count). The number of fused-ring (bicyclic) bond motifs is 1. The van der Waals surface area contributed by atoms with Crippen LogP contribution in [0.2, 0.25) is 5.02 Å². The van der Waals surface area contributed by atoms with Gasteiger partial charge in [0.15, 0.2) is 6.61 Å². The van der Waals surface area contributed by atoms with Crippen molar-refractivity contribution in [3.8, 4) is 11.5 Å². The number of amides is 1. The lowest BCUT2D eigenvalue weighted by Crippen LogP contribution is -2.25. The molecular weight excluding hydrogens is 354 g/mol. The average molecular weight is 368 g/mol. The molecule has 0 radical (unpaired) electrons. The number of benzene rings is 2. The maximum Gasteiger partial charge on any atom is 0.340 e. The number of halogens is 1. The lowest BCUT2D eigenvalue weighted by atomic mass is 10.1. The molecule has 0 saturated heterocycles. The second kappa shape index (κ2) is 5.99. The quantitative estimate of drug-likeness (QED) is 0.843. The first-order valence-electron chi connectivity index (χ1n) is 7.04. The highest BCUT2D eigenvalue weighted by atomic mass is 35.5. The van der Waals surface area contributed by atoms with Gasteiger partial charge in [0, 0.05) is 6.07 Å². The van der Waals surface area contributed by atoms with Gasteiger partial charge in [0.25, 0.3) is 5.91 Å². The Balaban J connectivity index is 2.01. The summed E-state index contributed by atoms with van der Waals surface area (Å²) in [5, 5.41) is 2.50. The molecule has 0 unspecified atom stereocenters. The predicted octanol–water partition coefficient (Wildman–Crippen LogP) is 3.06. The summed E-state index contributed by atoms with van der Waals surface area (Å²) in [4.78, 5) is 11.1. The Hall–Kier alpha value is -2.25. The molecule has 2 aromatic rings. The molecule has 1 N–H and O–H groups in total. The number of carbonyl (C=O) groups is 1. The molecule has 8 heteroatoms. The Kier molecular flexibility index (Phi) is 4.15. The molecule has 0 saturated carbocycles. The van der Waals surface area contributed by atoms with Crippen molar-refractivity contribution in [1.29, 1.82) is 0 Å². The molecule has 24 heavy (non-hydrogen) atoms. The summed E-state index contributed by atoms with van der Waals surface area (Å²) in [6.45, 7) is 3.39. The predicted molar refractivity (Wildman–Crippen MR) is 89.3 cm³/mol. The number of hydrogen-bond donors (Lipinski definition) is 1. The van der Waals surface area contributed by atoms with Crippen molar-refractivity contribution >= 4 is 33.3 Å². The van der Waals surface area contributed by atoms with Crippen molar-refractivity contribution in [2.45, 2.75) is 18.7 Å². The number of rotatable bonds is 3. The van der Waals surface area contributed by atoms with E-state index in [-0.39, 0.29) is 33.9 Å². The fraction of sp³-hybridized carbons (Fsp3) is 0.188. The summed E-state index contributed by atoms with van der Waals surface area (Å²) in [6, 6.07) is 7.84. The van der Waals surface area contributed by atoms with Gasteiger partial charge in [0.05, 0.1) is 10.7 Å². The number of aryl methyl sites for hydroxylation is 2. The maximum absolute atomic E-state index is 12.6. The molecule has 2 aromatic carbocycles. The van der Waals surface area contributed by atoms with Gasteiger partial charge in [-0.15, -0.1) is 0 Å². The number of ether oxygens (including phenoxy) is 1. The van der Waals surface area contributed by atoms with Gasteiger partial charge in [0.1, 0.15) is 16.4 Å². The first-order valence-corrected chi connectivity index (χ1v) is 8.83. The third-order valence-corrected chi connectivity index (χ3v) is 5.18. The third kappa shape index (κ3) is 3.18. The average Bonchev–Trinajstić information content (AvgIpc) is 2.49. The van der Waals surface area contributed by atoms with E-state index in [4.69, 9.17) is 20.5 Å². The third-order valence-electron chi connectivity index (χ3n) is 3.48. The van der Waals surface area contributed by atoms with Crippen LogP contribution in [0, 0.1) is 13.8 Å². The Labute approximate surface area is 144 Å². The summed E-state index contributed by atoms with van der Waals surface area (Å²) in [5.41, 5.74) is 1.87. The molecule has 0 spiro atoms. The zero-order valence-corrected chi connectivity index (χ0v) is 14.5. The molecule has 126 valence electrons. The minimum atomic E-state index is -4.15. The number of carbonyl (C=O) groups excluding carboxylic acids is 1. The summed E-state index contributed by atoms with van der Waals surface area (Å²) in [7, 11) is -4.15. The van der Waals surface area contributed by atoms with Crippen molar-refractivity contribution in [2.75, 3.05) is 11.9 Å². The normalized spacial score (nSPS) is 13.7. The van der Waals surface area contributed by atoms with Gasteiger partial charge >= 0.3 is 10.1 Å². The smallest absolute Gasteiger partial charge is 0.340 e. The number of nitrogens with one attached hydrogen (secondary N) is 1. The molecular formula is C16H14ClNO5S. The molecule has 0 aliphatic carbocycles. The van der Waals surface area contributed by atoms with Crippen LogP contribution in [0.15, 0.2) is 35.2 Å². The minimum Gasteiger partial charge on any atom is -0.482 e. The molecule has 1 amide bonds. The fourth-order valence-electron chi connectivity index (χ4n) is 2.23. The zero-order chi connectivity index (χ0) is 17.5. The molecule has 0 aromatic heterocycles. The summed E-state index contributed by atoms with van der Waals surface area (Å²) >= 11 is 6.06. The van der Waals surface area contributed by atoms with E-state index in [0.29, 0.717) is 11.3 Å². The largest absolute Gasteiger partial charge is 0.482 e. The second-order valence-electron chi connectivity index (χ2n) is 5.42. The van der Waals surface area contributed by atoms with Gasteiger partial charge in [0.2, 0.25) is 0 Å². The van der Waals surface area contributed by atoms with Gasteiger partial charge in [-0.2, -0.15) is 8.42 Å². The Morgan fingerprint density at radius 3 is 2.71 bits per heavy atom. The van der Waals surface area contributed by atoms with Crippen LogP contribution in [-0.4, -0.2) is 20.9 Å². The van der Waals surface area contributed by atoms with Crippen molar-refractivity contribution in [3.63, 3.8) is 0 Å². The van der Waals surface area contributed by atoms with Crippen molar-refractivity contribution in [2.24, 2.45) is 0 Å². The van der Waals surface area contributed by atoms with E-state index >= 15 is 0 Å². The number of hydrogen-bond acceptors (Lipinski definition) is 5. The van der Waals surface area contributed by atoms with Crippen LogP contribution in [0.3, 0.4) is 0 Å². The summed E-state index contributed by atoms with van der Waals surface area (Å²) in [6.07, 6.45) is 0. The minimum absolute atomic E-state index is 0.0649. The van der Waals surface area contributed by atoms with Crippen LogP contribution >= 0.6 is 11.6 Å². The molecule has 1 aliphatic heterocycles. The van der Waals surface area contributed by atoms with Crippen LogP contribution in [0.4, 0.5) is 5.69 Å². The fourth-order valence-corrected chi connectivity index (χ4v) is 3.74. The van der Waals surface area contributed by atoms with Gasteiger partial charge in [-0.25, -0.2) is 0 Å². The van der Waals surface area contributed by atoms with Gasteiger partial charge < -0.3 is 14.2 Å². The van der Waals surface area contributed by atoms with Crippen LogP contribution in [-0.2, 0) is 14.9 Å². The van der Waals surface area contributed by atoms with E-state index < -0.39 is 10.1 Å². The van der Waals surface area contributed by atoms with Crippen molar-refractivity contribution in [3.05, 3.63) is 46.5 Å². The van der Waals surface area contributed by atoms with Crippen molar-refractivity contribution in [1.82, 2.24) is 0 Å². The van der Waals surface area contributed by atoms with E-state index in [1.165, 1.54) is 12.1 Å². The van der Waals surface area contributed by atoms with Crippen molar-refractivity contribution < 1.29 is 22.1 Å². The highest BCUT2D eigenvalue weighted by Gasteiger charge is 2.26. The lowest BCUT2D eigenvalue weighted by molar-refractivity contribution is -0.118. The Morgan fingerprint density at radius 1 is 1.21 bits per heavy atom.